The van der Waals surface area contributed by atoms with Gasteiger partial charge in [0.1, 0.15) is 12.1 Å². The van der Waals surface area contributed by atoms with E-state index in [-0.39, 0.29) is 0 Å². The lowest BCUT2D eigenvalue weighted by molar-refractivity contribution is 0.0515. The van der Waals surface area contributed by atoms with Crippen LogP contribution in [0.3, 0.4) is 0 Å². The lowest BCUT2D eigenvalue weighted by atomic mass is 9.94. The van der Waals surface area contributed by atoms with Gasteiger partial charge >= 0.3 is 0 Å². The monoisotopic (exact) mass is 274 g/mol. The number of aliphatic hydroxyl groups is 1. The molecule has 4 N–H and O–H groups in total. The summed E-state index contributed by atoms with van der Waals surface area (Å²) in [5.74, 6) is 1.14. The molecule has 20 heavy (non-hydrogen) atoms. The molecule has 108 valence electrons. The van der Waals surface area contributed by atoms with Gasteiger partial charge in [-0.05, 0) is 37.5 Å². The van der Waals surface area contributed by atoms with Gasteiger partial charge in [-0.2, -0.15) is 0 Å². The standard InChI is InChI=1S/C15H22N4O/c1-10(2)7-15(3,20)8-17-14-12-6-11(16)4-5-13(12)18-9-19-14/h4-6,9-10,20H,7-8,16H2,1-3H3,(H,17,18,19). The number of anilines is 2. The molecule has 1 atom stereocenters. The fourth-order valence-electron chi connectivity index (χ4n) is 2.44. The van der Waals surface area contributed by atoms with Gasteiger partial charge in [-0.25, -0.2) is 9.97 Å². The average molecular weight is 274 g/mol. The van der Waals surface area contributed by atoms with Gasteiger partial charge in [0.05, 0.1) is 11.1 Å². The first-order chi connectivity index (χ1) is 9.37. The minimum atomic E-state index is -0.772. The van der Waals surface area contributed by atoms with Crippen molar-refractivity contribution in [2.24, 2.45) is 5.92 Å². The van der Waals surface area contributed by atoms with Crippen LogP contribution in [0.1, 0.15) is 27.2 Å². The molecule has 0 bridgehead atoms. The molecule has 2 rings (SSSR count). The molecule has 1 heterocycles. The number of aromatic nitrogens is 2. The summed E-state index contributed by atoms with van der Waals surface area (Å²) in [6, 6.07) is 5.52. The minimum Gasteiger partial charge on any atom is -0.399 e. The molecule has 0 fully saturated rings. The van der Waals surface area contributed by atoms with Crippen LogP contribution in [0.15, 0.2) is 24.5 Å². The van der Waals surface area contributed by atoms with Gasteiger partial charge in [0.25, 0.3) is 0 Å². The molecule has 2 aromatic rings. The Hall–Kier alpha value is -1.88. The van der Waals surface area contributed by atoms with E-state index in [0.717, 1.165) is 17.3 Å². The third-order valence-corrected chi connectivity index (χ3v) is 3.14. The van der Waals surface area contributed by atoms with E-state index in [9.17, 15) is 5.11 Å². The zero-order valence-electron chi connectivity index (χ0n) is 12.2. The number of fused-ring (bicyclic) bond motifs is 1. The van der Waals surface area contributed by atoms with Gasteiger partial charge in [0.2, 0.25) is 0 Å². The Kier molecular flexibility index (Phi) is 4.09. The Labute approximate surface area is 119 Å². The van der Waals surface area contributed by atoms with Gasteiger partial charge in [-0.1, -0.05) is 13.8 Å². The van der Waals surface area contributed by atoms with Gasteiger partial charge in [-0.15, -0.1) is 0 Å². The molecule has 0 aliphatic carbocycles. The van der Waals surface area contributed by atoms with Crippen molar-refractivity contribution in [3.05, 3.63) is 24.5 Å². The van der Waals surface area contributed by atoms with Crippen molar-refractivity contribution in [2.45, 2.75) is 32.8 Å². The number of rotatable bonds is 5. The lowest BCUT2D eigenvalue weighted by Crippen LogP contribution is -2.35. The van der Waals surface area contributed by atoms with Crippen LogP contribution in [0, 0.1) is 5.92 Å². The Bertz CT molecular complexity index is 595. The molecule has 0 amide bonds. The second-order valence-corrected chi connectivity index (χ2v) is 5.95. The molecule has 1 aromatic carbocycles. The average Bonchev–Trinajstić information content (AvgIpc) is 2.35. The maximum Gasteiger partial charge on any atom is 0.137 e. The summed E-state index contributed by atoms with van der Waals surface area (Å²) in [6.07, 6.45) is 2.24. The van der Waals surface area contributed by atoms with E-state index in [1.54, 1.807) is 0 Å². The minimum absolute atomic E-state index is 0.435. The summed E-state index contributed by atoms with van der Waals surface area (Å²) >= 11 is 0. The van der Waals surface area contributed by atoms with Crippen LogP contribution in [0.5, 0.6) is 0 Å². The largest absolute Gasteiger partial charge is 0.399 e. The van der Waals surface area contributed by atoms with Gasteiger partial charge in [0, 0.05) is 17.6 Å². The summed E-state index contributed by atoms with van der Waals surface area (Å²) in [4.78, 5) is 8.45. The van der Waals surface area contributed by atoms with Crippen LogP contribution in [0.2, 0.25) is 0 Å². The molecule has 1 unspecified atom stereocenters. The van der Waals surface area contributed by atoms with Gasteiger partial charge in [-0.3, -0.25) is 0 Å². The summed E-state index contributed by atoms with van der Waals surface area (Å²) in [5.41, 5.74) is 6.54. The topological polar surface area (TPSA) is 84.1 Å². The number of nitrogen functional groups attached to an aromatic ring is 1. The van der Waals surface area contributed by atoms with Crippen molar-refractivity contribution in [2.75, 3.05) is 17.6 Å². The fraction of sp³-hybridized carbons (Fsp3) is 0.467. The Morgan fingerprint density at radius 3 is 2.80 bits per heavy atom. The van der Waals surface area contributed by atoms with E-state index in [2.05, 4.69) is 29.1 Å². The summed E-state index contributed by atoms with van der Waals surface area (Å²) < 4.78 is 0. The SMILES string of the molecule is CC(C)CC(C)(O)CNc1ncnc2ccc(N)cc12. The van der Waals surface area contributed by atoms with Crippen molar-refractivity contribution >= 4 is 22.4 Å². The van der Waals surface area contributed by atoms with E-state index in [0.29, 0.717) is 24.0 Å². The lowest BCUT2D eigenvalue weighted by Gasteiger charge is -2.26. The summed E-state index contributed by atoms with van der Waals surface area (Å²) in [5, 5.41) is 14.4. The Balaban J connectivity index is 2.20. The third kappa shape index (κ3) is 3.57. The molecule has 0 aliphatic rings. The maximum atomic E-state index is 10.3. The van der Waals surface area contributed by atoms with Crippen LogP contribution < -0.4 is 11.1 Å². The second-order valence-electron chi connectivity index (χ2n) is 5.95. The van der Waals surface area contributed by atoms with Crippen LogP contribution in [0.25, 0.3) is 10.9 Å². The van der Waals surface area contributed by atoms with Crippen molar-refractivity contribution < 1.29 is 5.11 Å². The van der Waals surface area contributed by atoms with Crippen molar-refractivity contribution in [1.82, 2.24) is 9.97 Å². The second kappa shape index (κ2) is 5.63. The van der Waals surface area contributed by atoms with E-state index < -0.39 is 5.60 Å². The van der Waals surface area contributed by atoms with Crippen molar-refractivity contribution in [3.8, 4) is 0 Å². The molecule has 0 saturated carbocycles. The first-order valence-electron chi connectivity index (χ1n) is 6.84. The zero-order valence-corrected chi connectivity index (χ0v) is 12.2. The van der Waals surface area contributed by atoms with Crippen LogP contribution in [-0.4, -0.2) is 27.2 Å². The Morgan fingerprint density at radius 2 is 2.10 bits per heavy atom. The number of nitrogens with one attached hydrogen (secondary N) is 1. The molecule has 0 spiro atoms. The summed E-state index contributed by atoms with van der Waals surface area (Å²) in [6.45, 7) is 6.45. The zero-order chi connectivity index (χ0) is 14.8. The van der Waals surface area contributed by atoms with E-state index >= 15 is 0 Å². The molecular formula is C15H22N4O. The quantitative estimate of drug-likeness (QED) is 0.729. The van der Waals surface area contributed by atoms with Crippen molar-refractivity contribution in [3.63, 3.8) is 0 Å². The number of nitrogens with zero attached hydrogens (tertiary/aromatic N) is 2. The van der Waals surface area contributed by atoms with Crippen LogP contribution >= 0.6 is 0 Å². The predicted molar refractivity (Wildman–Crippen MR) is 82.5 cm³/mol. The van der Waals surface area contributed by atoms with Gasteiger partial charge in [0.15, 0.2) is 0 Å². The van der Waals surface area contributed by atoms with Crippen LogP contribution in [0.4, 0.5) is 11.5 Å². The highest BCUT2D eigenvalue weighted by molar-refractivity contribution is 5.91. The van der Waals surface area contributed by atoms with Crippen LogP contribution in [-0.2, 0) is 0 Å². The predicted octanol–water partition coefficient (Wildman–Crippen LogP) is 2.42. The highest BCUT2D eigenvalue weighted by Crippen LogP contribution is 2.23. The normalized spacial score (nSPS) is 14.4. The Morgan fingerprint density at radius 1 is 1.35 bits per heavy atom. The molecular weight excluding hydrogens is 252 g/mol. The first kappa shape index (κ1) is 14.5. The van der Waals surface area contributed by atoms with Crippen molar-refractivity contribution in [1.29, 1.82) is 0 Å². The van der Waals surface area contributed by atoms with Gasteiger partial charge < -0.3 is 16.2 Å². The first-order valence-corrected chi connectivity index (χ1v) is 6.84. The van der Waals surface area contributed by atoms with E-state index in [1.807, 2.05) is 25.1 Å². The highest BCUT2D eigenvalue weighted by atomic mass is 16.3. The molecule has 0 saturated heterocycles. The summed E-state index contributed by atoms with van der Waals surface area (Å²) in [7, 11) is 0. The third-order valence-electron chi connectivity index (χ3n) is 3.14. The molecule has 0 aliphatic heterocycles. The highest BCUT2D eigenvalue weighted by Gasteiger charge is 2.22. The number of nitrogens with two attached hydrogens (primary N) is 1. The smallest absolute Gasteiger partial charge is 0.137 e. The molecule has 1 aromatic heterocycles. The van der Waals surface area contributed by atoms with E-state index in [4.69, 9.17) is 5.73 Å². The van der Waals surface area contributed by atoms with E-state index in [1.165, 1.54) is 6.33 Å². The molecule has 5 nitrogen and oxygen atoms in total. The number of hydrogen-bond donors (Lipinski definition) is 3. The molecule has 5 heteroatoms. The number of benzene rings is 1. The maximum absolute atomic E-state index is 10.3. The number of hydrogen-bond acceptors (Lipinski definition) is 5. The fourth-order valence-corrected chi connectivity index (χ4v) is 2.44. The molecule has 0 radical (unpaired) electrons.